The van der Waals surface area contributed by atoms with E-state index in [-0.39, 0.29) is 0 Å². The van der Waals surface area contributed by atoms with E-state index in [9.17, 15) is 0 Å². The molecule has 1 aromatic carbocycles. The summed E-state index contributed by atoms with van der Waals surface area (Å²) in [5.41, 5.74) is 1.20. The first-order valence-electron chi connectivity index (χ1n) is 5.88. The van der Waals surface area contributed by atoms with Crippen LogP contribution in [-0.2, 0) is 6.42 Å². The predicted octanol–water partition coefficient (Wildman–Crippen LogP) is 4.32. The van der Waals surface area contributed by atoms with E-state index in [0.29, 0.717) is 5.02 Å². The molecule has 16 heavy (non-hydrogen) atoms. The molecule has 0 amide bonds. The molecular formula is C13H19Cl2N. The molecule has 0 bridgehead atoms. The maximum atomic E-state index is 6.10. The molecule has 0 saturated carbocycles. The normalized spacial score (nSPS) is 10.7. The van der Waals surface area contributed by atoms with Gasteiger partial charge in [0.2, 0.25) is 0 Å². The SMILES string of the molecule is CCNCCCCCc1ccc(Cl)cc1Cl. The number of rotatable bonds is 7. The van der Waals surface area contributed by atoms with Crippen LogP contribution >= 0.6 is 23.2 Å². The van der Waals surface area contributed by atoms with Crippen LogP contribution in [0, 0.1) is 0 Å². The van der Waals surface area contributed by atoms with Gasteiger partial charge in [0.15, 0.2) is 0 Å². The lowest BCUT2D eigenvalue weighted by atomic mass is 10.1. The molecule has 0 unspecified atom stereocenters. The Morgan fingerprint density at radius 3 is 2.62 bits per heavy atom. The zero-order valence-electron chi connectivity index (χ0n) is 9.73. The van der Waals surface area contributed by atoms with Crippen LogP contribution in [0.1, 0.15) is 31.7 Å². The lowest BCUT2D eigenvalue weighted by Gasteiger charge is -2.05. The fraction of sp³-hybridized carbons (Fsp3) is 0.538. The number of hydrogen-bond acceptors (Lipinski definition) is 1. The molecule has 0 aliphatic heterocycles. The summed E-state index contributed by atoms with van der Waals surface area (Å²) < 4.78 is 0. The van der Waals surface area contributed by atoms with Crippen molar-refractivity contribution in [3.8, 4) is 0 Å². The van der Waals surface area contributed by atoms with Crippen molar-refractivity contribution < 1.29 is 0 Å². The van der Waals surface area contributed by atoms with Crippen molar-refractivity contribution in [3.05, 3.63) is 33.8 Å². The van der Waals surface area contributed by atoms with E-state index in [1.807, 2.05) is 18.2 Å². The molecule has 1 rings (SSSR count). The smallest absolute Gasteiger partial charge is 0.0452 e. The Morgan fingerprint density at radius 2 is 1.94 bits per heavy atom. The van der Waals surface area contributed by atoms with E-state index in [0.717, 1.165) is 24.5 Å². The van der Waals surface area contributed by atoms with Crippen molar-refractivity contribution in [1.82, 2.24) is 5.32 Å². The van der Waals surface area contributed by atoms with E-state index in [1.165, 1.54) is 24.8 Å². The van der Waals surface area contributed by atoms with Gasteiger partial charge in [0.1, 0.15) is 0 Å². The molecule has 90 valence electrons. The summed E-state index contributed by atoms with van der Waals surface area (Å²) in [6.07, 6.45) is 4.71. The molecule has 1 N–H and O–H groups in total. The standard InChI is InChI=1S/C13H19Cl2N/c1-2-16-9-5-3-4-6-11-7-8-12(14)10-13(11)15/h7-8,10,16H,2-6,9H2,1H3. The third-order valence-electron chi connectivity index (χ3n) is 2.56. The molecule has 0 fully saturated rings. The highest BCUT2D eigenvalue weighted by atomic mass is 35.5. The Bertz CT molecular complexity index is 313. The minimum absolute atomic E-state index is 0.709. The summed E-state index contributed by atoms with van der Waals surface area (Å²) in [5, 5.41) is 4.82. The van der Waals surface area contributed by atoms with Gasteiger partial charge in [-0.25, -0.2) is 0 Å². The molecule has 0 atom stereocenters. The minimum Gasteiger partial charge on any atom is -0.317 e. The summed E-state index contributed by atoms with van der Waals surface area (Å²) in [4.78, 5) is 0. The van der Waals surface area contributed by atoms with E-state index >= 15 is 0 Å². The van der Waals surface area contributed by atoms with Gasteiger partial charge < -0.3 is 5.32 Å². The summed E-state index contributed by atoms with van der Waals surface area (Å²) in [6, 6.07) is 5.74. The molecular weight excluding hydrogens is 241 g/mol. The van der Waals surface area contributed by atoms with Gasteiger partial charge in [0.05, 0.1) is 0 Å². The van der Waals surface area contributed by atoms with Crippen molar-refractivity contribution in [2.75, 3.05) is 13.1 Å². The van der Waals surface area contributed by atoms with Crippen molar-refractivity contribution in [2.24, 2.45) is 0 Å². The molecule has 3 heteroatoms. The Labute approximate surface area is 108 Å². The second-order valence-electron chi connectivity index (χ2n) is 3.90. The van der Waals surface area contributed by atoms with Crippen LogP contribution < -0.4 is 5.32 Å². The van der Waals surface area contributed by atoms with Crippen LogP contribution in [0.5, 0.6) is 0 Å². The zero-order valence-corrected chi connectivity index (χ0v) is 11.2. The molecule has 0 saturated heterocycles. The van der Waals surface area contributed by atoms with Gasteiger partial charge in [-0.05, 0) is 50.0 Å². The fourth-order valence-electron chi connectivity index (χ4n) is 1.64. The number of benzene rings is 1. The molecule has 0 aliphatic rings. The van der Waals surface area contributed by atoms with E-state index in [1.54, 1.807) is 0 Å². The monoisotopic (exact) mass is 259 g/mol. The van der Waals surface area contributed by atoms with Crippen molar-refractivity contribution in [1.29, 1.82) is 0 Å². The number of halogens is 2. The van der Waals surface area contributed by atoms with Gasteiger partial charge in [-0.15, -0.1) is 0 Å². The predicted molar refractivity (Wildman–Crippen MR) is 72.6 cm³/mol. The molecule has 0 heterocycles. The number of nitrogens with one attached hydrogen (secondary N) is 1. The fourth-order valence-corrected chi connectivity index (χ4v) is 2.15. The van der Waals surface area contributed by atoms with Crippen molar-refractivity contribution in [3.63, 3.8) is 0 Å². The van der Waals surface area contributed by atoms with E-state index in [2.05, 4.69) is 12.2 Å². The molecule has 0 radical (unpaired) electrons. The largest absolute Gasteiger partial charge is 0.317 e. The summed E-state index contributed by atoms with van der Waals surface area (Å²) >= 11 is 11.9. The Kier molecular flexibility index (Phi) is 6.86. The molecule has 1 aromatic rings. The highest BCUT2D eigenvalue weighted by Gasteiger charge is 2.00. The third kappa shape index (κ3) is 5.20. The van der Waals surface area contributed by atoms with Crippen LogP contribution in [0.25, 0.3) is 0 Å². The Balaban J connectivity index is 2.21. The number of hydrogen-bond donors (Lipinski definition) is 1. The first-order valence-corrected chi connectivity index (χ1v) is 6.64. The number of aryl methyl sites for hydroxylation is 1. The Hall–Kier alpha value is -0.240. The van der Waals surface area contributed by atoms with E-state index < -0.39 is 0 Å². The molecule has 0 aliphatic carbocycles. The quantitative estimate of drug-likeness (QED) is 0.720. The summed E-state index contributed by atoms with van der Waals surface area (Å²) in [7, 11) is 0. The number of unbranched alkanes of at least 4 members (excludes halogenated alkanes) is 2. The zero-order chi connectivity index (χ0) is 11.8. The van der Waals surface area contributed by atoms with Gasteiger partial charge in [-0.2, -0.15) is 0 Å². The van der Waals surface area contributed by atoms with Crippen molar-refractivity contribution in [2.45, 2.75) is 32.6 Å². The summed E-state index contributed by atoms with van der Waals surface area (Å²) in [6.45, 7) is 4.31. The Morgan fingerprint density at radius 1 is 1.12 bits per heavy atom. The lowest BCUT2D eigenvalue weighted by molar-refractivity contribution is 0.617. The first-order chi connectivity index (χ1) is 7.74. The molecule has 1 nitrogen and oxygen atoms in total. The minimum atomic E-state index is 0.709. The van der Waals surface area contributed by atoms with Gasteiger partial charge in [-0.3, -0.25) is 0 Å². The van der Waals surface area contributed by atoms with Crippen molar-refractivity contribution >= 4 is 23.2 Å². The lowest BCUT2D eigenvalue weighted by Crippen LogP contribution is -2.13. The van der Waals surface area contributed by atoms with Crippen LogP contribution in [-0.4, -0.2) is 13.1 Å². The average molecular weight is 260 g/mol. The van der Waals surface area contributed by atoms with Gasteiger partial charge in [0.25, 0.3) is 0 Å². The maximum absolute atomic E-state index is 6.10. The topological polar surface area (TPSA) is 12.0 Å². The maximum Gasteiger partial charge on any atom is 0.0452 e. The van der Waals surface area contributed by atoms with Gasteiger partial charge in [0, 0.05) is 10.0 Å². The van der Waals surface area contributed by atoms with Crippen LogP contribution in [0.15, 0.2) is 18.2 Å². The molecule has 0 aromatic heterocycles. The third-order valence-corrected chi connectivity index (χ3v) is 3.15. The van der Waals surface area contributed by atoms with Gasteiger partial charge >= 0.3 is 0 Å². The summed E-state index contributed by atoms with van der Waals surface area (Å²) in [5.74, 6) is 0. The highest BCUT2D eigenvalue weighted by Crippen LogP contribution is 2.22. The molecule has 0 spiro atoms. The average Bonchev–Trinajstić information content (AvgIpc) is 2.26. The van der Waals surface area contributed by atoms with Gasteiger partial charge in [-0.1, -0.05) is 42.6 Å². The van der Waals surface area contributed by atoms with E-state index in [4.69, 9.17) is 23.2 Å². The first kappa shape index (κ1) is 13.8. The van der Waals surface area contributed by atoms with Crippen LogP contribution in [0.3, 0.4) is 0 Å². The second kappa shape index (κ2) is 7.94. The van der Waals surface area contributed by atoms with Crippen LogP contribution in [0.4, 0.5) is 0 Å². The van der Waals surface area contributed by atoms with Crippen LogP contribution in [0.2, 0.25) is 10.0 Å². The second-order valence-corrected chi connectivity index (χ2v) is 4.74. The highest BCUT2D eigenvalue weighted by molar-refractivity contribution is 6.35.